The Morgan fingerprint density at radius 3 is 2.79 bits per heavy atom. The van der Waals surface area contributed by atoms with Crippen molar-refractivity contribution in [2.24, 2.45) is 5.41 Å². The summed E-state index contributed by atoms with van der Waals surface area (Å²) in [6.07, 6.45) is 3.99. The number of aliphatic hydroxyl groups is 1. The van der Waals surface area contributed by atoms with Crippen LogP contribution in [0.2, 0.25) is 0 Å². The van der Waals surface area contributed by atoms with Crippen molar-refractivity contribution in [1.29, 1.82) is 0 Å². The first kappa shape index (κ1) is 15.5. The summed E-state index contributed by atoms with van der Waals surface area (Å²) in [5.41, 5.74) is -0.655. The van der Waals surface area contributed by atoms with E-state index >= 15 is 0 Å². The molecule has 0 bridgehead atoms. The Hall–Kier alpha value is -2.05. The van der Waals surface area contributed by atoms with Gasteiger partial charge in [-0.3, -0.25) is 9.36 Å². The second-order valence-corrected chi connectivity index (χ2v) is 6.96. The van der Waals surface area contributed by atoms with Crippen LogP contribution in [0.25, 0.3) is 11.3 Å². The third kappa shape index (κ3) is 2.46. The van der Waals surface area contributed by atoms with Gasteiger partial charge in [0.25, 0.3) is 5.56 Å². The number of benzene rings is 1. The van der Waals surface area contributed by atoms with Crippen LogP contribution in [0.4, 0.5) is 4.39 Å². The molecule has 2 aromatic rings. The Labute approximate surface area is 139 Å². The van der Waals surface area contributed by atoms with Crippen LogP contribution in [-0.4, -0.2) is 33.3 Å². The van der Waals surface area contributed by atoms with Crippen molar-refractivity contribution in [2.75, 3.05) is 13.1 Å². The van der Waals surface area contributed by atoms with Gasteiger partial charge in [-0.25, -0.2) is 9.37 Å². The van der Waals surface area contributed by atoms with Crippen molar-refractivity contribution in [3.63, 3.8) is 0 Å². The fourth-order valence-electron chi connectivity index (χ4n) is 3.74. The van der Waals surface area contributed by atoms with E-state index in [-0.39, 0.29) is 17.5 Å². The lowest BCUT2D eigenvalue weighted by Gasteiger charge is -2.41. The summed E-state index contributed by atoms with van der Waals surface area (Å²) in [5.74, 6) is -0.406. The molecule has 1 spiro atoms. The van der Waals surface area contributed by atoms with Gasteiger partial charge in [0, 0.05) is 23.6 Å². The molecule has 2 fully saturated rings. The monoisotopic (exact) mass is 329 g/mol. The van der Waals surface area contributed by atoms with Gasteiger partial charge in [0.1, 0.15) is 5.82 Å². The second kappa shape index (κ2) is 5.50. The summed E-state index contributed by atoms with van der Waals surface area (Å²) in [6.45, 7) is 1.77. The van der Waals surface area contributed by atoms with Gasteiger partial charge in [-0.05, 0) is 37.9 Å². The smallest absolute Gasteiger partial charge is 0.253 e. The van der Waals surface area contributed by atoms with E-state index in [1.54, 1.807) is 18.2 Å². The molecular weight excluding hydrogens is 309 g/mol. The molecule has 1 aromatic carbocycles. The zero-order chi connectivity index (χ0) is 16.8. The number of rotatable bonds is 3. The van der Waals surface area contributed by atoms with E-state index in [0.29, 0.717) is 17.7 Å². The molecule has 24 heavy (non-hydrogen) atoms. The number of nitrogens with zero attached hydrogens (tertiary/aromatic N) is 2. The van der Waals surface area contributed by atoms with Crippen molar-refractivity contribution < 1.29 is 9.50 Å². The van der Waals surface area contributed by atoms with Gasteiger partial charge in [0.05, 0.1) is 24.2 Å². The molecule has 1 aliphatic heterocycles. The molecule has 5 nitrogen and oxygen atoms in total. The topological polar surface area (TPSA) is 67.2 Å². The molecule has 1 aliphatic carbocycles. The van der Waals surface area contributed by atoms with Gasteiger partial charge < -0.3 is 10.4 Å². The van der Waals surface area contributed by atoms with Gasteiger partial charge in [-0.2, -0.15) is 0 Å². The molecule has 1 saturated heterocycles. The van der Waals surface area contributed by atoms with Gasteiger partial charge in [-0.15, -0.1) is 0 Å². The lowest BCUT2D eigenvalue weighted by Crippen LogP contribution is -2.55. The molecule has 1 unspecified atom stereocenters. The maximum atomic E-state index is 13.9. The maximum Gasteiger partial charge on any atom is 0.253 e. The largest absolute Gasteiger partial charge is 0.387 e. The molecule has 2 heterocycles. The number of aromatic nitrogens is 2. The Bertz CT molecular complexity index is 831. The predicted octanol–water partition coefficient (Wildman–Crippen LogP) is 1.55. The fraction of sp³-hybridized carbons (Fsp3) is 0.444. The van der Waals surface area contributed by atoms with Gasteiger partial charge in [0.2, 0.25) is 0 Å². The minimum atomic E-state index is -0.886. The third-order valence-corrected chi connectivity index (χ3v) is 5.48. The summed E-state index contributed by atoms with van der Waals surface area (Å²) in [5, 5.41) is 14.4. The molecule has 1 saturated carbocycles. The lowest BCUT2D eigenvalue weighted by atomic mass is 9.78. The molecular formula is C18H20FN3O2. The van der Waals surface area contributed by atoms with E-state index in [4.69, 9.17) is 0 Å². The van der Waals surface area contributed by atoms with Crippen molar-refractivity contribution in [1.82, 2.24) is 14.9 Å². The molecule has 126 valence electrons. The van der Waals surface area contributed by atoms with E-state index in [0.717, 1.165) is 25.9 Å². The minimum Gasteiger partial charge on any atom is -0.387 e. The SMILES string of the molecule is O=c1cc(-c2ccccc2F)ncn1CC1(O)CCNCC12CC2. The highest BCUT2D eigenvalue weighted by Gasteiger charge is 2.59. The molecule has 0 radical (unpaired) electrons. The zero-order valence-corrected chi connectivity index (χ0v) is 13.3. The fourth-order valence-corrected chi connectivity index (χ4v) is 3.74. The van der Waals surface area contributed by atoms with Crippen LogP contribution in [0.15, 0.2) is 41.5 Å². The quantitative estimate of drug-likeness (QED) is 0.897. The Morgan fingerprint density at radius 2 is 2.08 bits per heavy atom. The maximum absolute atomic E-state index is 13.9. The van der Waals surface area contributed by atoms with Crippen LogP contribution in [0.5, 0.6) is 0 Å². The molecule has 2 aliphatic rings. The highest BCUT2D eigenvalue weighted by molar-refractivity contribution is 5.58. The van der Waals surface area contributed by atoms with Crippen molar-refractivity contribution in [3.05, 3.63) is 52.8 Å². The van der Waals surface area contributed by atoms with Crippen LogP contribution in [0.3, 0.4) is 0 Å². The first-order valence-electron chi connectivity index (χ1n) is 8.28. The Balaban J connectivity index is 1.64. The molecule has 2 N–H and O–H groups in total. The molecule has 0 amide bonds. The molecule has 4 rings (SSSR count). The number of hydrogen-bond acceptors (Lipinski definition) is 4. The number of nitrogens with one attached hydrogen (secondary N) is 1. The number of piperidine rings is 1. The highest BCUT2D eigenvalue weighted by Crippen LogP contribution is 2.56. The predicted molar refractivity (Wildman–Crippen MR) is 88.0 cm³/mol. The van der Waals surface area contributed by atoms with E-state index in [1.807, 2.05) is 0 Å². The van der Waals surface area contributed by atoms with E-state index in [2.05, 4.69) is 10.3 Å². The summed E-state index contributed by atoms with van der Waals surface area (Å²) in [7, 11) is 0. The summed E-state index contributed by atoms with van der Waals surface area (Å²) in [4.78, 5) is 16.7. The Morgan fingerprint density at radius 1 is 1.29 bits per heavy atom. The Kier molecular flexibility index (Phi) is 3.54. The molecule has 6 heteroatoms. The van der Waals surface area contributed by atoms with E-state index < -0.39 is 11.4 Å². The normalized spacial score (nSPS) is 24.9. The third-order valence-electron chi connectivity index (χ3n) is 5.48. The van der Waals surface area contributed by atoms with Crippen LogP contribution in [0.1, 0.15) is 19.3 Å². The number of halogens is 1. The lowest BCUT2D eigenvalue weighted by molar-refractivity contribution is -0.0688. The van der Waals surface area contributed by atoms with Crippen LogP contribution in [-0.2, 0) is 6.54 Å². The average molecular weight is 329 g/mol. The first-order chi connectivity index (χ1) is 11.5. The van der Waals surface area contributed by atoms with Crippen molar-refractivity contribution in [2.45, 2.75) is 31.4 Å². The molecule has 1 atom stereocenters. The summed E-state index contributed by atoms with van der Waals surface area (Å²) >= 11 is 0. The standard InChI is InChI=1S/C18H20FN3O2/c19-14-4-2-1-3-13(14)15-9-16(23)22(12-21-15)11-18(24)7-8-20-10-17(18)5-6-17/h1-4,9,12,20,24H,5-8,10-11H2. The van der Waals surface area contributed by atoms with Crippen molar-refractivity contribution >= 4 is 0 Å². The van der Waals surface area contributed by atoms with Gasteiger partial charge >= 0.3 is 0 Å². The molecule has 1 aromatic heterocycles. The van der Waals surface area contributed by atoms with Crippen LogP contribution >= 0.6 is 0 Å². The average Bonchev–Trinajstić information content (AvgIpc) is 3.35. The van der Waals surface area contributed by atoms with Crippen molar-refractivity contribution in [3.8, 4) is 11.3 Å². The highest BCUT2D eigenvalue weighted by atomic mass is 19.1. The van der Waals surface area contributed by atoms with E-state index in [1.165, 1.54) is 23.0 Å². The zero-order valence-electron chi connectivity index (χ0n) is 13.3. The first-order valence-corrected chi connectivity index (χ1v) is 8.28. The van der Waals surface area contributed by atoms with Crippen LogP contribution in [0, 0.1) is 11.2 Å². The van der Waals surface area contributed by atoms with Gasteiger partial charge in [0.15, 0.2) is 0 Å². The number of hydrogen-bond donors (Lipinski definition) is 2. The van der Waals surface area contributed by atoms with Crippen LogP contribution < -0.4 is 10.9 Å². The second-order valence-electron chi connectivity index (χ2n) is 6.96. The summed E-state index contributed by atoms with van der Waals surface area (Å²) in [6, 6.07) is 7.59. The minimum absolute atomic E-state index is 0.116. The van der Waals surface area contributed by atoms with E-state index in [9.17, 15) is 14.3 Å². The summed E-state index contributed by atoms with van der Waals surface area (Å²) < 4.78 is 15.3. The van der Waals surface area contributed by atoms with Gasteiger partial charge in [-0.1, -0.05) is 12.1 Å².